The van der Waals surface area contributed by atoms with Gasteiger partial charge in [-0.25, -0.2) is 10.0 Å². The Hall–Kier alpha value is -0.710. The van der Waals surface area contributed by atoms with Gasteiger partial charge in [-0.2, -0.15) is 0 Å². The van der Waals surface area contributed by atoms with Crippen LogP contribution < -0.4 is 10.6 Å². The van der Waals surface area contributed by atoms with Gasteiger partial charge in [0.1, 0.15) is 0 Å². The molecular formula is C44H90N2O2S. The van der Waals surface area contributed by atoms with Crippen molar-refractivity contribution in [3.05, 3.63) is 0 Å². The molecule has 5 heteroatoms. The van der Waals surface area contributed by atoms with E-state index in [-0.39, 0.29) is 23.9 Å². The van der Waals surface area contributed by atoms with Crippen molar-refractivity contribution in [1.82, 2.24) is 10.6 Å². The van der Waals surface area contributed by atoms with Crippen LogP contribution in [-0.2, 0) is 9.59 Å². The van der Waals surface area contributed by atoms with Crippen molar-refractivity contribution in [1.29, 1.82) is 0 Å². The first-order valence-corrected chi connectivity index (χ1v) is 24.8. The van der Waals surface area contributed by atoms with Crippen molar-refractivity contribution < 1.29 is 9.59 Å². The zero-order valence-electron chi connectivity index (χ0n) is 34.4. The maximum absolute atomic E-state index is 12.6. The second-order valence-electron chi connectivity index (χ2n) is 16.4. The summed E-state index contributed by atoms with van der Waals surface area (Å²) in [5.41, 5.74) is 0. The topological polar surface area (TPSA) is 58.2 Å². The molecule has 2 amide bonds. The highest BCUT2D eigenvalue weighted by molar-refractivity contribution is 8.32. The smallest absolute Gasteiger partial charge is 0.220 e. The average molecular weight is 711 g/mol. The van der Waals surface area contributed by atoms with Crippen molar-refractivity contribution in [3.63, 3.8) is 0 Å². The lowest BCUT2D eigenvalue weighted by Crippen LogP contribution is -2.40. The first-order valence-electron chi connectivity index (χ1n) is 22.0. The Morgan fingerprint density at radius 1 is 0.388 bits per heavy atom. The van der Waals surface area contributed by atoms with E-state index in [0.29, 0.717) is 12.8 Å². The second kappa shape index (κ2) is 35.7. The van der Waals surface area contributed by atoms with Crippen molar-refractivity contribution in [3.8, 4) is 0 Å². The molecule has 0 spiro atoms. The Balaban J connectivity index is 3.71. The van der Waals surface area contributed by atoms with E-state index in [1.807, 2.05) is 0 Å². The zero-order valence-corrected chi connectivity index (χ0v) is 35.2. The molecule has 49 heavy (non-hydrogen) atoms. The third-order valence-electron chi connectivity index (χ3n) is 10.2. The van der Waals surface area contributed by atoms with Crippen LogP contribution in [0.2, 0.25) is 0 Å². The van der Waals surface area contributed by atoms with Gasteiger partial charge in [-0.15, -0.1) is 0 Å². The molecule has 0 saturated heterocycles. The number of amides is 2. The molecule has 0 aliphatic heterocycles. The summed E-state index contributed by atoms with van der Waals surface area (Å²) in [5.74, 6) is 2.44. The Bertz CT molecular complexity index is 670. The fourth-order valence-electron chi connectivity index (χ4n) is 7.51. The number of carbonyl (C=O) groups is 2. The number of rotatable bonds is 38. The van der Waals surface area contributed by atoms with Crippen LogP contribution in [0.25, 0.3) is 0 Å². The molecular weight excluding hydrogens is 621 g/mol. The van der Waals surface area contributed by atoms with Crippen LogP contribution in [0.3, 0.4) is 0 Å². The summed E-state index contributed by atoms with van der Waals surface area (Å²) in [6, 6.07) is 0.383. The van der Waals surface area contributed by atoms with Crippen molar-refractivity contribution in [2.75, 3.05) is 24.0 Å². The van der Waals surface area contributed by atoms with Crippen LogP contribution in [-0.4, -0.2) is 47.9 Å². The summed E-state index contributed by atoms with van der Waals surface area (Å²) in [4.78, 5) is 25.1. The predicted octanol–water partition coefficient (Wildman–Crippen LogP) is 13.6. The second-order valence-corrected chi connectivity index (χ2v) is 20.6. The minimum absolute atomic E-state index is 0.192. The van der Waals surface area contributed by atoms with Crippen LogP contribution >= 0.6 is 10.0 Å². The maximum atomic E-state index is 12.6. The molecule has 4 nitrogen and oxygen atoms in total. The van der Waals surface area contributed by atoms with Crippen molar-refractivity contribution in [2.24, 2.45) is 0 Å². The van der Waals surface area contributed by atoms with Crippen LogP contribution in [0.4, 0.5) is 0 Å². The normalized spacial score (nSPS) is 13.3. The Kier molecular flexibility index (Phi) is 35.2. The fourth-order valence-corrected chi connectivity index (χ4v) is 10.5. The van der Waals surface area contributed by atoms with E-state index in [0.717, 1.165) is 24.3 Å². The average Bonchev–Trinajstić information content (AvgIpc) is 3.04. The molecule has 0 heterocycles. The minimum atomic E-state index is -0.902. The third kappa shape index (κ3) is 36.9. The van der Waals surface area contributed by atoms with Crippen LogP contribution in [0.1, 0.15) is 233 Å². The van der Waals surface area contributed by atoms with E-state index < -0.39 is 10.0 Å². The van der Waals surface area contributed by atoms with E-state index in [1.165, 1.54) is 180 Å². The third-order valence-corrected chi connectivity index (χ3v) is 13.0. The summed E-state index contributed by atoms with van der Waals surface area (Å²) in [5, 5.41) is 6.53. The highest BCUT2D eigenvalue weighted by Crippen LogP contribution is 2.40. The predicted molar refractivity (Wildman–Crippen MR) is 223 cm³/mol. The van der Waals surface area contributed by atoms with Gasteiger partial charge in [-0.1, -0.05) is 194 Å². The van der Waals surface area contributed by atoms with Gasteiger partial charge in [0.2, 0.25) is 11.8 Å². The summed E-state index contributed by atoms with van der Waals surface area (Å²) in [6.45, 7) is 8.88. The summed E-state index contributed by atoms with van der Waals surface area (Å²) < 4.78 is 0. The van der Waals surface area contributed by atoms with E-state index in [2.05, 4.69) is 50.8 Å². The number of hydrogen-bond donors (Lipinski definition) is 2. The van der Waals surface area contributed by atoms with Crippen LogP contribution in [0.15, 0.2) is 0 Å². The molecule has 0 aromatic carbocycles. The van der Waals surface area contributed by atoms with Crippen molar-refractivity contribution >= 4 is 21.8 Å². The molecule has 0 aliphatic rings. The number of nitrogens with one attached hydrogen (secondary N) is 2. The van der Waals surface area contributed by atoms with Crippen LogP contribution in [0, 0.1) is 0 Å². The molecule has 2 atom stereocenters. The van der Waals surface area contributed by atoms with E-state index >= 15 is 0 Å². The zero-order chi connectivity index (χ0) is 36.3. The summed E-state index contributed by atoms with van der Waals surface area (Å²) in [7, 11) is -0.902. The highest BCUT2D eigenvalue weighted by atomic mass is 32.3. The molecule has 294 valence electrons. The minimum Gasteiger partial charge on any atom is -0.353 e. The Labute approximate surface area is 310 Å². The molecule has 0 radical (unpaired) electrons. The number of carbonyl (C=O) groups excluding carboxylic acids is 2. The number of unbranched alkanes of at least 4 members (excludes halogenated alkanes) is 28. The number of hydrogen-bond acceptors (Lipinski definition) is 2. The first-order chi connectivity index (χ1) is 23.7. The lowest BCUT2D eigenvalue weighted by atomic mass is 10.0. The SMILES string of the molecule is CCCCCCCCCCCCCCCCCC(=O)NC(C)CS(C)(C)CC(C)NC(=O)CCCCCCCCCCCCCCCCC. The van der Waals surface area contributed by atoms with Gasteiger partial charge in [0, 0.05) is 24.9 Å². The molecule has 0 saturated carbocycles. The summed E-state index contributed by atoms with van der Waals surface area (Å²) >= 11 is 0. The molecule has 0 aliphatic carbocycles. The molecule has 0 aromatic heterocycles. The van der Waals surface area contributed by atoms with Gasteiger partial charge in [0.15, 0.2) is 0 Å². The molecule has 2 unspecified atom stereocenters. The Morgan fingerprint density at radius 3 is 0.816 bits per heavy atom. The monoisotopic (exact) mass is 711 g/mol. The standard InChI is InChI=1S/C44H90N2O2S/c1-7-9-11-13-15-17-19-21-23-25-27-29-31-33-35-37-43(47)45-41(3)39-49(5,6)40-42(4)46-44(48)38-36-34-32-30-28-26-24-22-20-18-16-14-12-10-8-2/h41-42H,7-40H2,1-6H3,(H,45,47)(H,46,48). The van der Waals surface area contributed by atoms with Gasteiger partial charge < -0.3 is 10.6 Å². The summed E-state index contributed by atoms with van der Waals surface area (Å²) in [6.07, 6.45) is 46.5. The molecule has 0 aromatic rings. The highest BCUT2D eigenvalue weighted by Gasteiger charge is 2.21. The van der Waals surface area contributed by atoms with Gasteiger partial charge in [-0.3, -0.25) is 9.59 Å². The van der Waals surface area contributed by atoms with E-state index in [1.54, 1.807) is 0 Å². The van der Waals surface area contributed by atoms with Gasteiger partial charge >= 0.3 is 0 Å². The van der Waals surface area contributed by atoms with Crippen molar-refractivity contribution in [2.45, 2.75) is 245 Å². The van der Waals surface area contributed by atoms with Gasteiger partial charge in [0.05, 0.1) is 0 Å². The fraction of sp³-hybridized carbons (Fsp3) is 0.955. The van der Waals surface area contributed by atoms with Crippen LogP contribution in [0.5, 0.6) is 0 Å². The quantitative estimate of drug-likeness (QED) is 0.0627. The van der Waals surface area contributed by atoms with Gasteiger partial charge in [-0.05, 0) is 50.7 Å². The molecule has 0 bridgehead atoms. The lowest BCUT2D eigenvalue weighted by molar-refractivity contribution is -0.122. The first kappa shape index (κ1) is 48.3. The van der Waals surface area contributed by atoms with E-state index in [4.69, 9.17) is 0 Å². The van der Waals surface area contributed by atoms with Gasteiger partial charge in [0.25, 0.3) is 0 Å². The lowest BCUT2D eigenvalue weighted by Gasteiger charge is -2.36. The molecule has 2 N–H and O–H groups in total. The van der Waals surface area contributed by atoms with E-state index in [9.17, 15) is 9.59 Å². The molecule has 0 fully saturated rings. The largest absolute Gasteiger partial charge is 0.353 e. The Morgan fingerprint density at radius 2 is 0.592 bits per heavy atom. The molecule has 0 rings (SSSR count). The maximum Gasteiger partial charge on any atom is 0.220 e.